The predicted molar refractivity (Wildman–Crippen MR) is 73.3 cm³/mol. The van der Waals surface area contributed by atoms with Crippen molar-refractivity contribution in [2.75, 3.05) is 11.4 Å². The van der Waals surface area contributed by atoms with Crippen LogP contribution in [0.25, 0.3) is 0 Å². The summed E-state index contributed by atoms with van der Waals surface area (Å²) in [6, 6.07) is 9.86. The molecule has 0 bridgehead atoms. The van der Waals surface area contributed by atoms with Crippen LogP contribution in [0.2, 0.25) is 0 Å². The van der Waals surface area contributed by atoms with E-state index in [1.807, 2.05) is 6.92 Å². The Kier molecular flexibility index (Phi) is 3.90. The number of carbonyl (C=O) groups is 1. The molecule has 2 rings (SSSR count). The van der Waals surface area contributed by atoms with Gasteiger partial charge in [0, 0.05) is 18.3 Å². The molecule has 0 amide bonds. The molecule has 0 N–H and O–H groups in total. The third-order valence-electron chi connectivity index (χ3n) is 2.89. The first-order valence-corrected chi connectivity index (χ1v) is 6.12. The maximum Gasteiger partial charge on any atom is 0.159 e. The summed E-state index contributed by atoms with van der Waals surface area (Å²) in [7, 11) is 0. The number of hydrogen-bond acceptors (Lipinski definition) is 3. The van der Waals surface area contributed by atoms with E-state index < -0.39 is 0 Å². The van der Waals surface area contributed by atoms with Gasteiger partial charge >= 0.3 is 0 Å². The average molecular weight is 258 g/mol. The zero-order valence-electron chi connectivity index (χ0n) is 10.9. The minimum atomic E-state index is -0.306. The molecular formula is C15H15FN2O. The molecule has 0 atom stereocenters. The summed E-state index contributed by atoms with van der Waals surface area (Å²) in [4.78, 5) is 17.3. The predicted octanol–water partition coefficient (Wildman–Crippen LogP) is 3.58. The Morgan fingerprint density at radius 3 is 2.68 bits per heavy atom. The van der Waals surface area contributed by atoms with Crippen molar-refractivity contribution in [1.29, 1.82) is 0 Å². The van der Waals surface area contributed by atoms with Crippen molar-refractivity contribution in [2.24, 2.45) is 0 Å². The fourth-order valence-electron chi connectivity index (χ4n) is 1.91. The SMILES string of the molecule is CCN(c1cc(C(C)=O)ccn1)c1ccccc1F. The van der Waals surface area contributed by atoms with Gasteiger partial charge in [-0.1, -0.05) is 12.1 Å². The molecule has 1 aromatic heterocycles. The second-order valence-electron chi connectivity index (χ2n) is 4.15. The minimum Gasteiger partial charge on any atom is -0.324 e. The van der Waals surface area contributed by atoms with Crippen LogP contribution in [0.3, 0.4) is 0 Å². The summed E-state index contributed by atoms with van der Waals surface area (Å²) in [6.45, 7) is 3.97. The zero-order valence-corrected chi connectivity index (χ0v) is 10.9. The molecule has 0 radical (unpaired) electrons. The Balaban J connectivity index is 2.45. The number of pyridine rings is 1. The highest BCUT2D eigenvalue weighted by atomic mass is 19.1. The smallest absolute Gasteiger partial charge is 0.159 e. The van der Waals surface area contributed by atoms with Crippen LogP contribution in [0, 0.1) is 5.82 Å². The standard InChI is InChI=1S/C15H15FN2O/c1-3-18(14-7-5-4-6-13(14)16)15-10-12(11(2)19)8-9-17-15/h4-10H,3H2,1-2H3. The van der Waals surface area contributed by atoms with Crippen molar-refractivity contribution in [3.63, 3.8) is 0 Å². The maximum atomic E-state index is 13.8. The topological polar surface area (TPSA) is 33.2 Å². The summed E-state index contributed by atoms with van der Waals surface area (Å²) in [5.41, 5.74) is 1.03. The molecule has 4 heteroatoms. The van der Waals surface area contributed by atoms with Gasteiger partial charge in [-0.3, -0.25) is 4.79 Å². The van der Waals surface area contributed by atoms with Crippen molar-refractivity contribution >= 4 is 17.3 Å². The quantitative estimate of drug-likeness (QED) is 0.786. The molecule has 98 valence electrons. The number of ketones is 1. The maximum absolute atomic E-state index is 13.8. The Morgan fingerprint density at radius 1 is 1.32 bits per heavy atom. The van der Waals surface area contributed by atoms with Gasteiger partial charge < -0.3 is 4.90 Å². The van der Waals surface area contributed by atoms with E-state index in [4.69, 9.17) is 0 Å². The van der Waals surface area contributed by atoms with Crippen LogP contribution in [0.1, 0.15) is 24.2 Å². The van der Waals surface area contributed by atoms with Gasteiger partial charge in [0.05, 0.1) is 5.69 Å². The molecule has 0 unspecified atom stereocenters. The number of aromatic nitrogens is 1. The van der Waals surface area contributed by atoms with Crippen LogP contribution >= 0.6 is 0 Å². The minimum absolute atomic E-state index is 0.0340. The Morgan fingerprint density at radius 2 is 2.05 bits per heavy atom. The van der Waals surface area contributed by atoms with Gasteiger partial charge in [-0.15, -0.1) is 0 Å². The second-order valence-corrected chi connectivity index (χ2v) is 4.15. The normalized spacial score (nSPS) is 10.3. The third-order valence-corrected chi connectivity index (χ3v) is 2.89. The van der Waals surface area contributed by atoms with Gasteiger partial charge in [-0.05, 0) is 38.1 Å². The van der Waals surface area contributed by atoms with Gasteiger partial charge in [-0.2, -0.15) is 0 Å². The Hall–Kier alpha value is -2.23. The molecule has 0 spiro atoms. The molecule has 1 aromatic carbocycles. The molecule has 0 aliphatic rings. The highest BCUT2D eigenvalue weighted by Gasteiger charge is 2.13. The number of rotatable bonds is 4. The fraction of sp³-hybridized carbons (Fsp3) is 0.200. The number of anilines is 2. The zero-order chi connectivity index (χ0) is 13.8. The highest BCUT2D eigenvalue weighted by Crippen LogP contribution is 2.26. The van der Waals surface area contributed by atoms with Gasteiger partial charge in [0.1, 0.15) is 11.6 Å². The lowest BCUT2D eigenvalue weighted by atomic mass is 10.2. The first kappa shape index (κ1) is 13.2. The van der Waals surface area contributed by atoms with Gasteiger partial charge in [0.2, 0.25) is 0 Å². The number of nitrogens with zero attached hydrogens (tertiary/aromatic N) is 2. The first-order valence-electron chi connectivity index (χ1n) is 6.12. The summed E-state index contributed by atoms with van der Waals surface area (Å²) in [5.74, 6) is 0.230. The van der Waals surface area contributed by atoms with Crippen LogP contribution in [-0.2, 0) is 0 Å². The van der Waals surface area contributed by atoms with E-state index in [1.54, 1.807) is 41.4 Å². The molecule has 0 saturated heterocycles. The average Bonchev–Trinajstić information content (AvgIpc) is 2.42. The Bertz CT molecular complexity index is 598. The van der Waals surface area contributed by atoms with Gasteiger partial charge in [0.25, 0.3) is 0 Å². The molecule has 0 aliphatic heterocycles. The van der Waals surface area contributed by atoms with Crippen LogP contribution in [0.4, 0.5) is 15.9 Å². The van der Waals surface area contributed by atoms with Crippen LogP contribution in [0.15, 0.2) is 42.6 Å². The molecule has 0 aliphatic carbocycles. The first-order chi connectivity index (χ1) is 9.13. The lowest BCUT2D eigenvalue weighted by Gasteiger charge is -2.22. The lowest BCUT2D eigenvalue weighted by Crippen LogP contribution is -2.19. The van der Waals surface area contributed by atoms with Crippen molar-refractivity contribution < 1.29 is 9.18 Å². The monoisotopic (exact) mass is 258 g/mol. The van der Waals surface area contributed by atoms with Gasteiger partial charge in [0.15, 0.2) is 5.78 Å². The number of Topliss-reactive ketones (excluding diaryl/α,β-unsaturated/α-hetero) is 1. The summed E-state index contributed by atoms with van der Waals surface area (Å²) < 4.78 is 13.8. The molecule has 19 heavy (non-hydrogen) atoms. The van der Waals surface area contributed by atoms with E-state index in [-0.39, 0.29) is 11.6 Å². The number of carbonyl (C=O) groups excluding carboxylic acids is 1. The summed E-state index contributed by atoms with van der Waals surface area (Å²) >= 11 is 0. The highest BCUT2D eigenvalue weighted by molar-refractivity contribution is 5.94. The lowest BCUT2D eigenvalue weighted by molar-refractivity contribution is 0.101. The second kappa shape index (κ2) is 5.61. The number of halogens is 1. The van der Waals surface area contributed by atoms with Crippen molar-refractivity contribution in [3.8, 4) is 0 Å². The summed E-state index contributed by atoms with van der Waals surface area (Å²) in [6.07, 6.45) is 1.57. The van der Waals surface area contributed by atoms with Crippen molar-refractivity contribution in [3.05, 3.63) is 54.0 Å². The van der Waals surface area contributed by atoms with E-state index >= 15 is 0 Å². The number of hydrogen-bond donors (Lipinski definition) is 0. The number of benzene rings is 1. The molecule has 1 heterocycles. The summed E-state index contributed by atoms with van der Waals surface area (Å²) in [5, 5.41) is 0. The largest absolute Gasteiger partial charge is 0.324 e. The van der Waals surface area contributed by atoms with Crippen LogP contribution in [-0.4, -0.2) is 17.3 Å². The molecule has 0 fully saturated rings. The van der Waals surface area contributed by atoms with E-state index in [9.17, 15) is 9.18 Å². The van der Waals surface area contributed by atoms with Crippen LogP contribution in [0.5, 0.6) is 0 Å². The van der Waals surface area contributed by atoms with Crippen molar-refractivity contribution in [1.82, 2.24) is 4.98 Å². The number of para-hydroxylation sites is 1. The fourth-order valence-corrected chi connectivity index (χ4v) is 1.91. The Labute approximate surface area is 111 Å². The van der Waals surface area contributed by atoms with Crippen LogP contribution < -0.4 is 4.90 Å². The van der Waals surface area contributed by atoms with Gasteiger partial charge in [-0.25, -0.2) is 9.37 Å². The molecule has 2 aromatic rings. The van der Waals surface area contributed by atoms with Crippen molar-refractivity contribution in [2.45, 2.75) is 13.8 Å². The van der Waals surface area contributed by atoms with E-state index in [1.165, 1.54) is 13.0 Å². The van der Waals surface area contributed by atoms with E-state index in [2.05, 4.69) is 4.98 Å². The molecule has 3 nitrogen and oxygen atoms in total. The van der Waals surface area contributed by atoms with E-state index in [0.717, 1.165) is 0 Å². The third kappa shape index (κ3) is 2.78. The van der Waals surface area contributed by atoms with E-state index in [0.29, 0.717) is 23.6 Å². The molecule has 0 saturated carbocycles. The molecular weight excluding hydrogens is 243 g/mol.